The number of carbonyl (C=O) groups excluding carboxylic acids is 3. The number of nitrogens with zero attached hydrogens (tertiary/aromatic N) is 1. The summed E-state index contributed by atoms with van der Waals surface area (Å²) >= 11 is 0. The highest BCUT2D eigenvalue weighted by atomic mass is 16.6. The maximum Gasteiger partial charge on any atom is 0.347 e. The van der Waals surface area contributed by atoms with Crippen molar-refractivity contribution in [2.75, 3.05) is 13.2 Å². The molecule has 1 heterocycles. The van der Waals surface area contributed by atoms with Crippen LogP contribution in [0.1, 0.15) is 45.7 Å². The fourth-order valence-electron chi connectivity index (χ4n) is 3.53. The molecule has 0 saturated carbocycles. The third kappa shape index (κ3) is 2.96. The number of likely N-dealkylation sites (tertiary alicyclic amines) is 1. The standard InChI is InChI=1S/C19H25NO6/c1-5-25-16(22)19(17(23)26-6-2)18(4,24)12-15(21)20(19)13(3)14-10-8-7-9-11-14/h7-11,13,24H,5-6,12H2,1-4H3. The second-order valence-corrected chi connectivity index (χ2v) is 6.45. The molecule has 2 unspecified atom stereocenters. The van der Waals surface area contributed by atoms with Gasteiger partial charge in [-0.05, 0) is 33.3 Å². The van der Waals surface area contributed by atoms with Crippen LogP contribution in [0.5, 0.6) is 0 Å². The molecule has 1 N–H and O–H groups in total. The largest absolute Gasteiger partial charge is 0.464 e. The van der Waals surface area contributed by atoms with Crippen molar-refractivity contribution in [3.8, 4) is 0 Å². The number of aliphatic hydroxyl groups is 1. The molecule has 142 valence electrons. The van der Waals surface area contributed by atoms with Gasteiger partial charge in [0.1, 0.15) is 5.60 Å². The van der Waals surface area contributed by atoms with Crippen LogP contribution in [-0.2, 0) is 23.9 Å². The van der Waals surface area contributed by atoms with Crippen LogP contribution in [0.15, 0.2) is 30.3 Å². The Morgan fingerprint density at radius 1 is 1.15 bits per heavy atom. The predicted molar refractivity (Wildman–Crippen MR) is 92.9 cm³/mol. The number of rotatable bonds is 6. The Morgan fingerprint density at radius 2 is 1.65 bits per heavy atom. The predicted octanol–water partition coefficient (Wildman–Crippen LogP) is 1.60. The lowest BCUT2D eigenvalue weighted by atomic mass is 9.80. The van der Waals surface area contributed by atoms with Crippen molar-refractivity contribution in [1.29, 1.82) is 0 Å². The van der Waals surface area contributed by atoms with Gasteiger partial charge in [0.15, 0.2) is 0 Å². The van der Waals surface area contributed by atoms with Gasteiger partial charge in [-0.2, -0.15) is 0 Å². The lowest BCUT2D eigenvalue weighted by molar-refractivity contribution is -0.190. The van der Waals surface area contributed by atoms with Crippen LogP contribution >= 0.6 is 0 Å². The highest BCUT2D eigenvalue weighted by Gasteiger charge is 2.72. The van der Waals surface area contributed by atoms with Crippen molar-refractivity contribution >= 4 is 17.8 Å². The molecule has 1 fully saturated rings. The van der Waals surface area contributed by atoms with Gasteiger partial charge in [-0.1, -0.05) is 30.3 Å². The van der Waals surface area contributed by atoms with E-state index < -0.39 is 35.0 Å². The van der Waals surface area contributed by atoms with Gasteiger partial charge in [-0.15, -0.1) is 0 Å². The van der Waals surface area contributed by atoms with Gasteiger partial charge in [0.2, 0.25) is 5.91 Å². The molecule has 0 aliphatic carbocycles. The van der Waals surface area contributed by atoms with Gasteiger partial charge in [0.05, 0.1) is 25.7 Å². The Labute approximate surface area is 152 Å². The van der Waals surface area contributed by atoms with Gasteiger partial charge in [-0.25, -0.2) is 9.59 Å². The van der Waals surface area contributed by atoms with Crippen molar-refractivity contribution in [3.05, 3.63) is 35.9 Å². The first-order valence-electron chi connectivity index (χ1n) is 8.68. The fraction of sp³-hybridized carbons (Fsp3) is 0.526. The molecule has 0 aromatic heterocycles. The summed E-state index contributed by atoms with van der Waals surface area (Å²) in [4.78, 5) is 39.7. The van der Waals surface area contributed by atoms with Crippen molar-refractivity contribution < 1.29 is 29.0 Å². The molecule has 1 aromatic rings. The van der Waals surface area contributed by atoms with Crippen molar-refractivity contribution in [1.82, 2.24) is 4.90 Å². The van der Waals surface area contributed by atoms with Crippen molar-refractivity contribution in [2.24, 2.45) is 0 Å². The van der Waals surface area contributed by atoms with Gasteiger partial charge in [0, 0.05) is 0 Å². The molecule has 0 spiro atoms. The summed E-state index contributed by atoms with van der Waals surface area (Å²) in [5, 5.41) is 11.0. The Hall–Kier alpha value is -2.41. The minimum Gasteiger partial charge on any atom is -0.464 e. The zero-order chi connectivity index (χ0) is 19.5. The zero-order valence-corrected chi connectivity index (χ0v) is 15.5. The quantitative estimate of drug-likeness (QED) is 0.609. The molecule has 1 saturated heterocycles. The van der Waals surface area contributed by atoms with E-state index in [-0.39, 0.29) is 19.6 Å². The number of ether oxygens (including phenoxy) is 2. The second-order valence-electron chi connectivity index (χ2n) is 6.45. The maximum atomic E-state index is 12.9. The molecule has 1 amide bonds. The Kier molecular flexibility index (Phi) is 5.71. The Morgan fingerprint density at radius 3 is 2.12 bits per heavy atom. The van der Waals surface area contributed by atoms with Crippen LogP contribution in [0.25, 0.3) is 0 Å². The molecule has 1 aromatic carbocycles. The normalized spacial score (nSPS) is 22.8. The smallest absolute Gasteiger partial charge is 0.347 e. The topological polar surface area (TPSA) is 93.1 Å². The molecule has 2 atom stereocenters. The SMILES string of the molecule is CCOC(=O)C1(C(=O)OCC)N(C(C)c2ccccc2)C(=O)CC1(C)O. The van der Waals surface area contributed by atoms with E-state index in [1.165, 1.54) is 6.92 Å². The average Bonchev–Trinajstić information content (AvgIpc) is 2.81. The first-order chi connectivity index (χ1) is 12.2. The van der Waals surface area contributed by atoms with Crippen LogP contribution < -0.4 is 0 Å². The van der Waals surface area contributed by atoms with E-state index in [4.69, 9.17) is 9.47 Å². The average molecular weight is 363 g/mol. The van der Waals surface area contributed by atoms with E-state index in [9.17, 15) is 19.5 Å². The minimum absolute atomic E-state index is 0.00217. The van der Waals surface area contributed by atoms with E-state index in [1.807, 2.05) is 6.07 Å². The number of amides is 1. The zero-order valence-electron chi connectivity index (χ0n) is 15.5. The summed E-state index contributed by atoms with van der Waals surface area (Å²) in [6, 6.07) is 8.33. The van der Waals surface area contributed by atoms with Crippen molar-refractivity contribution in [2.45, 2.75) is 51.3 Å². The molecule has 7 heteroatoms. The summed E-state index contributed by atoms with van der Waals surface area (Å²) < 4.78 is 10.2. The van der Waals surface area contributed by atoms with Gasteiger partial charge >= 0.3 is 11.9 Å². The highest BCUT2D eigenvalue weighted by molar-refractivity contribution is 6.12. The number of esters is 2. The van der Waals surface area contributed by atoms with E-state index in [0.29, 0.717) is 0 Å². The molecule has 1 aliphatic heterocycles. The van der Waals surface area contributed by atoms with Crippen LogP contribution in [0.4, 0.5) is 0 Å². The molecule has 7 nitrogen and oxygen atoms in total. The maximum absolute atomic E-state index is 12.9. The molecule has 0 radical (unpaired) electrons. The fourth-order valence-corrected chi connectivity index (χ4v) is 3.53. The van der Waals surface area contributed by atoms with E-state index >= 15 is 0 Å². The minimum atomic E-state index is -2.26. The monoisotopic (exact) mass is 363 g/mol. The van der Waals surface area contributed by atoms with Crippen LogP contribution in [-0.4, -0.2) is 52.2 Å². The summed E-state index contributed by atoms with van der Waals surface area (Å²) in [7, 11) is 0. The third-order valence-corrected chi connectivity index (χ3v) is 4.72. The summed E-state index contributed by atoms with van der Waals surface area (Å²) in [6.07, 6.45) is -0.387. The number of benzene rings is 1. The Balaban J connectivity index is 2.66. The molecule has 2 rings (SSSR count). The van der Waals surface area contributed by atoms with Gasteiger partial charge in [0.25, 0.3) is 5.54 Å². The number of carbonyl (C=O) groups is 3. The second kappa shape index (κ2) is 7.45. The first kappa shape index (κ1) is 19.9. The molecule has 1 aliphatic rings. The van der Waals surface area contributed by atoms with Crippen LogP contribution in [0.3, 0.4) is 0 Å². The first-order valence-corrected chi connectivity index (χ1v) is 8.68. The molecule has 0 bridgehead atoms. The Bertz CT molecular complexity index is 667. The van der Waals surface area contributed by atoms with E-state index in [1.54, 1.807) is 45.0 Å². The molecular weight excluding hydrogens is 338 g/mol. The molecular formula is C19H25NO6. The van der Waals surface area contributed by atoms with E-state index in [0.717, 1.165) is 10.5 Å². The summed E-state index contributed by atoms with van der Waals surface area (Å²) in [5.74, 6) is -2.50. The number of hydrogen-bond acceptors (Lipinski definition) is 6. The van der Waals surface area contributed by atoms with Gasteiger partial charge in [-0.3, -0.25) is 4.79 Å². The lowest BCUT2D eigenvalue weighted by Gasteiger charge is -2.42. The molecule has 26 heavy (non-hydrogen) atoms. The highest BCUT2D eigenvalue weighted by Crippen LogP contribution is 2.46. The van der Waals surface area contributed by atoms with Crippen LogP contribution in [0, 0.1) is 0 Å². The van der Waals surface area contributed by atoms with E-state index in [2.05, 4.69) is 0 Å². The van der Waals surface area contributed by atoms with Gasteiger partial charge < -0.3 is 19.5 Å². The number of hydrogen-bond donors (Lipinski definition) is 1. The summed E-state index contributed by atoms with van der Waals surface area (Å²) in [5.41, 5.74) is -3.51. The van der Waals surface area contributed by atoms with Crippen molar-refractivity contribution in [3.63, 3.8) is 0 Å². The third-order valence-electron chi connectivity index (χ3n) is 4.72. The van der Waals surface area contributed by atoms with Crippen LogP contribution in [0.2, 0.25) is 0 Å². The summed E-state index contributed by atoms with van der Waals surface area (Å²) in [6.45, 7) is 6.16. The lowest BCUT2D eigenvalue weighted by Crippen LogP contribution is -2.68.